The van der Waals surface area contributed by atoms with E-state index in [0.717, 1.165) is 16.6 Å². The molecule has 0 fully saturated rings. The van der Waals surface area contributed by atoms with Crippen molar-refractivity contribution in [2.45, 2.75) is 6.92 Å². The minimum absolute atomic E-state index is 0.531. The summed E-state index contributed by atoms with van der Waals surface area (Å²) in [5.74, 6) is 0.531. The number of aryl methyl sites for hydroxylation is 2. The highest BCUT2D eigenvalue weighted by molar-refractivity contribution is 5.85. The summed E-state index contributed by atoms with van der Waals surface area (Å²) in [6.45, 7) is 1.92. The average molecular weight is 178 g/mol. The molecule has 0 amide bonds. The Morgan fingerprint density at radius 3 is 2.92 bits per heavy atom. The molecule has 5 nitrogen and oxygen atoms in total. The topological polar surface area (TPSA) is 52.8 Å². The number of nitrogens with zero attached hydrogens (tertiary/aromatic N) is 4. The molecule has 68 valence electrons. The molecule has 0 N–H and O–H groups in total. The maximum absolute atomic E-state index is 5.09. The lowest BCUT2D eigenvalue weighted by Crippen LogP contribution is -1.93. The fourth-order valence-corrected chi connectivity index (χ4v) is 1.42. The second-order valence-electron chi connectivity index (χ2n) is 2.82. The Morgan fingerprint density at radius 2 is 2.23 bits per heavy atom. The summed E-state index contributed by atoms with van der Waals surface area (Å²) in [7, 11) is 3.45. The third-order valence-corrected chi connectivity index (χ3v) is 2.00. The SMILES string of the molecule is COc1nncc2c1c(C)nn2C. The van der Waals surface area contributed by atoms with Crippen molar-refractivity contribution in [1.82, 2.24) is 20.0 Å². The van der Waals surface area contributed by atoms with Crippen LogP contribution in [-0.2, 0) is 7.05 Å². The molecule has 0 atom stereocenters. The molecule has 0 unspecified atom stereocenters. The van der Waals surface area contributed by atoms with Crippen LogP contribution in [0.5, 0.6) is 5.88 Å². The van der Waals surface area contributed by atoms with Crippen molar-refractivity contribution in [2.24, 2.45) is 7.05 Å². The van der Waals surface area contributed by atoms with Crippen molar-refractivity contribution < 1.29 is 4.74 Å². The Kier molecular flexibility index (Phi) is 1.65. The fraction of sp³-hybridized carbons (Fsp3) is 0.375. The maximum Gasteiger partial charge on any atom is 0.244 e. The van der Waals surface area contributed by atoms with Gasteiger partial charge in [-0.3, -0.25) is 4.68 Å². The molecule has 5 heteroatoms. The summed E-state index contributed by atoms with van der Waals surface area (Å²) in [5, 5.41) is 12.9. The van der Waals surface area contributed by atoms with Gasteiger partial charge in [0.05, 0.1) is 29.9 Å². The first-order valence-corrected chi connectivity index (χ1v) is 3.93. The lowest BCUT2D eigenvalue weighted by Gasteiger charge is -1.98. The quantitative estimate of drug-likeness (QED) is 0.644. The van der Waals surface area contributed by atoms with Crippen LogP contribution in [0.1, 0.15) is 5.69 Å². The molecule has 0 saturated heterocycles. The summed E-state index contributed by atoms with van der Waals surface area (Å²) in [6, 6.07) is 0. The van der Waals surface area contributed by atoms with E-state index in [2.05, 4.69) is 15.3 Å². The molecule has 0 aliphatic rings. The van der Waals surface area contributed by atoms with Gasteiger partial charge in [-0.05, 0) is 6.92 Å². The van der Waals surface area contributed by atoms with Crippen LogP contribution in [0.4, 0.5) is 0 Å². The molecule has 0 aliphatic heterocycles. The summed E-state index contributed by atoms with van der Waals surface area (Å²) < 4.78 is 6.86. The van der Waals surface area contributed by atoms with Crippen LogP contribution in [-0.4, -0.2) is 27.1 Å². The minimum Gasteiger partial charge on any atom is -0.479 e. The molecule has 0 saturated carbocycles. The Hall–Kier alpha value is -1.65. The third kappa shape index (κ3) is 1.04. The van der Waals surface area contributed by atoms with Gasteiger partial charge >= 0.3 is 0 Å². The first kappa shape index (κ1) is 7.97. The highest BCUT2D eigenvalue weighted by Crippen LogP contribution is 2.23. The van der Waals surface area contributed by atoms with Crippen molar-refractivity contribution >= 4 is 10.9 Å². The molecule has 0 spiro atoms. The third-order valence-electron chi connectivity index (χ3n) is 2.00. The van der Waals surface area contributed by atoms with Gasteiger partial charge in [-0.25, -0.2) is 0 Å². The van der Waals surface area contributed by atoms with E-state index in [0.29, 0.717) is 5.88 Å². The Morgan fingerprint density at radius 1 is 1.46 bits per heavy atom. The normalized spacial score (nSPS) is 10.7. The van der Waals surface area contributed by atoms with E-state index in [1.807, 2.05) is 14.0 Å². The van der Waals surface area contributed by atoms with Gasteiger partial charge < -0.3 is 4.74 Å². The summed E-state index contributed by atoms with van der Waals surface area (Å²) in [4.78, 5) is 0. The van der Waals surface area contributed by atoms with Crippen LogP contribution in [0.25, 0.3) is 10.9 Å². The predicted molar refractivity (Wildman–Crippen MR) is 47.6 cm³/mol. The van der Waals surface area contributed by atoms with E-state index in [1.165, 1.54) is 0 Å². The number of aromatic nitrogens is 4. The standard InChI is InChI=1S/C8H10N4O/c1-5-7-6(12(2)11-5)4-9-10-8(7)13-3/h4H,1-3H3. The number of ether oxygens (including phenoxy) is 1. The van der Waals surface area contributed by atoms with E-state index < -0.39 is 0 Å². The average Bonchev–Trinajstić information content (AvgIpc) is 2.43. The van der Waals surface area contributed by atoms with Crippen molar-refractivity contribution in [1.29, 1.82) is 0 Å². The molecule has 0 radical (unpaired) electrons. The maximum atomic E-state index is 5.09. The number of hydrogen-bond donors (Lipinski definition) is 0. The number of rotatable bonds is 1. The smallest absolute Gasteiger partial charge is 0.244 e. The van der Waals surface area contributed by atoms with E-state index >= 15 is 0 Å². The first-order chi connectivity index (χ1) is 6.24. The predicted octanol–water partition coefficient (Wildman–Crippen LogP) is 0.680. The molecule has 2 aromatic rings. The van der Waals surface area contributed by atoms with E-state index in [-0.39, 0.29) is 0 Å². The molecule has 0 aromatic carbocycles. The van der Waals surface area contributed by atoms with Gasteiger partial charge in [0.1, 0.15) is 0 Å². The van der Waals surface area contributed by atoms with Crippen molar-refractivity contribution in [3.63, 3.8) is 0 Å². The first-order valence-electron chi connectivity index (χ1n) is 3.93. The molecular formula is C8H10N4O. The van der Waals surface area contributed by atoms with Crippen molar-refractivity contribution in [3.8, 4) is 5.88 Å². The van der Waals surface area contributed by atoms with Gasteiger partial charge in [0.25, 0.3) is 0 Å². The second-order valence-corrected chi connectivity index (χ2v) is 2.82. The fourth-order valence-electron chi connectivity index (χ4n) is 1.42. The summed E-state index contributed by atoms with van der Waals surface area (Å²) in [5.41, 5.74) is 1.84. The van der Waals surface area contributed by atoms with Crippen LogP contribution in [0, 0.1) is 6.92 Å². The van der Waals surface area contributed by atoms with E-state index in [9.17, 15) is 0 Å². The molecule has 0 bridgehead atoms. The Labute approximate surface area is 75.3 Å². The van der Waals surface area contributed by atoms with Gasteiger partial charge in [-0.2, -0.15) is 10.2 Å². The van der Waals surface area contributed by atoms with Crippen molar-refractivity contribution in [2.75, 3.05) is 7.11 Å². The molecule has 2 rings (SSSR count). The van der Waals surface area contributed by atoms with Gasteiger partial charge in [0.2, 0.25) is 5.88 Å². The summed E-state index contributed by atoms with van der Waals surface area (Å²) >= 11 is 0. The van der Waals surface area contributed by atoms with Crippen LogP contribution in [0.15, 0.2) is 6.20 Å². The number of methoxy groups -OCH3 is 1. The van der Waals surface area contributed by atoms with E-state index in [1.54, 1.807) is 18.0 Å². The molecule has 13 heavy (non-hydrogen) atoms. The van der Waals surface area contributed by atoms with Gasteiger partial charge in [-0.15, -0.1) is 5.10 Å². The molecule has 2 heterocycles. The van der Waals surface area contributed by atoms with Crippen LogP contribution >= 0.6 is 0 Å². The van der Waals surface area contributed by atoms with Crippen LogP contribution < -0.4 is 4.74 Å². The van der Waals surface area contributed by atoms with Crippen LogP contribution in [0.3, 0.4) is 0 Å². The summed E-state index contributed by atoms with van der Waals surface area (Å²) in [6.07, 6.45) is 1.68. The monoisotopic (exact) mass is 178 g/mol. The minimum atomic E-state index is 0.531. The molecular weight excluding hydrogens is 168 g/mol. The van der Waals surface area contributed by atoms with Gasteiger partial charge in [-0.1, -0.05) is 0 Å². The zero-order valence-corrected chi connectivity index (χ0v) is 7.77. The van der Waals surface area contributed by atoms with Crippen molar-refractivity contribution in [3.05, 3.63) is 11.9 Å². The van der Waals surface area contributed by atoms with Crippen LogP contribution in [0.2, 0.25) is 0 Å². The zero-order chi connectivity index (χ0) is 9.42. The van der Waals surface area contributed by atoms with Gasteiger partial charge in [0.15, 0.2) is 0 Å². The molecule has 2 aromatic heterocycles. The largest absolute Gasteiger partial charge is 0.479 e. The van der Waals surface area contributed by atoms with Gasteiger partial charge in [0, 0.05) is 7.05 Å². The lowest BCUT2D eigenvalue weighted by molar-refractivity contribution is 0.397. The van der Waals surface area contributed by atoms with E-state index in [4.69, 9.17) is 4.74 Å². The Bertz CT molecular complexity index is 449. The zero-order valence-electron chi connectivity index (χ0n) is 7.77. The highest BCUT2D eigenvalue weighted by atomic mass is 16.5. The Balaban J connectivity index is 2.88. The highest BCUT2D eigenvalue weighted by Gasteiger charge is 2.11. The molecule has 0 aliphatic carbocycles. The number of fused-ring (bicyclic) bond motifs is 1. The number of hydrogen-bond acceptors (Lipinski definition) is 4. The second kappa shape index (κ2) is 2.69. The lowest BCUT2D eigenvalue weighted by atomic mass is 10.3.